The molecular formula is C100H182F30. The van der Waals surface area contributed by atoms with E-state index in [1.807, 2.05) is 55.4 Å². The highest BCUT2D eigenvalue weighted by Crippen LogP contribution is 2.63. The Labute approximate surface area is 769 Å². The van der Waals surface area contributed by atoms with Crippen molar-refractivity contribution < 1.29 is 132 Å². The first-order chi connectivity index (χ1) is 56.2. The summed E-state index contributed by atoms with van der Waals surface area (Å²) < 4.78 is 372. The number of hydrogen-bond donors (Lipinski definition) is 0. The molecule has 0 radical (unpaired) electrons. The van der Waals surface area contributed by atoms with Gasteiger partial charge in [0.2, 0.25) is 0 Å². The Kier molecular flexibility index (Phi) is 53.7. The molecule has 0 spiro atoms. The van der Waals surface area contributed by atoms with Crippen LogP contribution in [-0.4, -0.2) is 61.8 Å². The van der Waals surface area contributed by atoms with Crippen LogP contribution in [0.3, 0.4) is 0 Å². The highest BCUT2D eigenvalue weighted by atomic mass is 19.5. The van der Waals surface area contributed by atoms with Crippen molar-refractivity contribution in [3.63, 3.8) is 0 Å². The Balaban J connectivity index is -0.000000326. The number of alkyl halides is 30. The predicted molar refractivity (Wildman–Crippen MR) is 476 cm³/mol. The molecule has 0 saturated heterocycles. The molecule has 792 valence electrons. The lowest BCUT2D eigenvalue weighted by Gasteiger charge is -2.49. The van der Waals surface area contributed by atoms with Gasteiger partial charge in [-0.3, -0.25) is 0 Å². The molecule has 5 rings (SSSR count). The molecule has 5 fully saturated rings. The third kappa shape index (κ3) is 43.7. The zero-order valence-corrected chi connectivity index (χ0v) is 87.9. The number of hydrogen-bond acceptors (Lipinski definition) is 0. The van der Waals surface area contributed by atoms with E-state index in [1.165, 1.54) is 34.6 Å². The Morgan fingerprint density at radius 3 is 0.808 bits per heavy atom. The quantitative estimate of drug-likeness (QED) is 0.241. The van der Waals surface area contributed by atoms with E-state index in [4.69, 9.17) is 0 Å². The molecule has 0 aromatic carbocycles. The van der Waals surface area contributed by atoms with Crippen LogP contribution >= 0.6 is 0 Å². The van der Waals surface area contributed by atoms with Crippen molar-refractivity contribution >= 4 is 0 Å². The highest BCUT2D eigenvalue weighted by Gasteiger charge is 2.73. The van der Waals surface area contributed by atoms with Crippen molar-refractivity contribution in [3.05, 3.63) is 0 Å². The summed E-state index contributed by atoms with van der Waals surface area (Å²) in [6.07, 6.45) is -40.5. The molecular weight excluding hydrogens is 1770 g/mol. The fourth-order valence-corrected chi connectivity index (χ4v) is 15.4. The van der Waals surface area contributed by atoms with Crippen LogP contribution in [0, 0.1) is 159 Å². The average Bonchev–Trinajstić information content (AvgIpc) is 0.748. The van der Waals surface area contributed by atoms with Gasteiger partial charge in [-0.25, -0.2) is 0 Å². The first kappa shape index (κ1) is 139. The van der Waals surface area contributed by atoms with Gasteiger partial charge in [-0.2, -0.15) is 132 Å². The van der Waals surface area contributed by atoms with Crippen LogP contribution in [0.5, 0.6) is 0 Å². The third-order valence-electron chi connectivity index (χ3n) is 32.8. The minimum atomic E-state index is -5.20. The molecule has 30 heteroatoms. The Hall–Kier alpha value is -2.10. The van der Waals surface area contributed by atoms with Crippen molar-refractivity contribution in [2.45, 2.75) is 481 Å². The largest absolute Gasteiger partial charge is 0.403 e. The first-order valence-electron chi connectivity index (χ1n) is 46.9. The fraction of sp³-hybridized carbons (Fsp3) is 1.00. The summed E-state index contributed by atoms with van der Waals surface area (Å²) in [6, 6.07) is 0. The SMILES string of the molecule is CC(C)(C)C(C)(C)C(C)(C)C.CC(C)(C)C(C)(C)C(F)(F)F.CC(C)C(C)(C)C(C)(C)C.CC(C)C(C)(C)C(C)C(F)(F)F.CC(C)[C@@H](C)C(C)(C)C.CC1CCC(C(F)(F)F)(C(F)(F)F)CC1.CC1CCC(C(F)(F)F)CC1.CC1CCCC(C(F)(F)F)[C@@H]1C.C[C@@H]1CCCC(C(F)(F)F)C1.C[C@@H]1CCCCC1(C(F)(F)F)C(F)(F)F.C[C@H](C(C)(C)C)C(C)(C)C(F)(F)F. The lowest BCUT2D eigenvalue weighted by molar-refractivity contribution is -0.364. The molecule has 5 aliphatic rings. The molecule has 0 aromatic heterocycles. The van der Waals surface area contributed by atoms with Crippen LogP contribution in [0.1, 0.15) is 420 Å². The lowest BCUT2D eigenvalue weighted by Crippen LogP contribution is -2.55. The molecule has 130 heavy (non-hydrogen) atoms. The average molecular weight is 1950 g/mol. The van der Waals surface area contributed by atoms with Crippen LogP contribution in [0.4, 0.5) is 132 Å². The van der Waals surface area contributed by atoms with Crippen LogP contribution in [0.25, 0.3) is 0 Å². The molecule has 5 saturated carbocycles. The minimum Gasteiger partial charge on any atom is -0.171 e. The van der Waals surface area contributed by atoms with E-state index >= 15 is 0 Å². The highest BCUT2D eigenvalue weighted by molar-refractivity contribution is 5.00. The maximum Gasteiger partial charge on any atom is 0.403 e. The van der Waals surface area contributed by atoms with E-state index in [2.05, 4.69) is 145 Å². The molecule has 0 heterocycles. The second-order valence-electron chi connectivity index (χ2n) is 48.9. The zero-order valence-electron chi connectivity index (χ0n) is 87.9. The van der Waals surface area contributed by atoms with Crippen molar-refractivity contribution in [3.8, 4) is 0 Å². The van der Waals surface area contributed by atoms with Gasteiger partial charge in [-0.15, -0.1) is 0 Å². The molecule has 4 unspecified atom stereocenters. The molecule has 0 N–H and O–H groups in total. The molecule has 0 amide bonds. The summed E-state index contributed by atoms with van der Waals surface area (Å²) >= 11 is 0. The smallest absolute Gasteiger partial charge is 0.171 e. The third-order valence-corrected chi connectivity index (χ3v) is 32.8. The molecule has 0 aliphatic heterocycles. The van der Waals surface area contributed by atoms with E-state index < -0.39 is 149 Å². The van der Waals surface area contributed by atoms with Crippen LogP contribution in [0.15, 0.2) is 0 Å². The Morgan fingerprint density at radius 1 is 0.277 bits per heavy atom. The number of rotatable bonds is 5. The van der Waals surface area contributed by atoms with E-state index in [0.717, 1.165) is 63.2 Å². The Morgan fingerprint density at radius 2 is 0.631 bits per heavy atom. The van der Waals surface area contributed by atoms with Gasteiger partial charge in [0.1, 0.15) is 0 Å². The maximum absolute atomic E-state index is 12.6. The van der Waals surface area contributed by atoms with Crippen LogP contribution in [0.2, 0.25) is 0 Å². The van der Waals surface area contributed by atoms with Gasteiger partial charge >= 0.3 is 61.8 Å². The van der Waals surface area contributed by atoms with Gasteiger partial charge in [0.15, 0.2) is 10.8 Å². The van der Waals surface area contributed by atoms with Gasteiger partial charge in [0, 0.05) is 0 Å². The minimum absolute atomic E-state index is 0.0106. The summed E-state index contributed by atoms with van der Waals surface area (Å²) in [5, 5.41) is 0. The Bertz CT molecular complexity index is 2890. The topological polar surface area (TPSA) is 0 Å². The lowest BCUT2D eigenvalue weighted by atomic mass is 9.56. The molecule has 9 atom stereocenters. The van der Waals surface area contributed by atoms with Gasteiger partial charge < -0.3 is 0 Å². The van der Waals surface area contributed by atoms with E-state index in [-0.39, 0.29) is 60.7 Å². The van der Waals surface area contributed by atoms with Gasteiger partial charge in [-0.1, -0.05) is 349 Å². The van der Waals surface area contributed by atoms with Gasteiger partial charge in [0.25, 0.3) is 0 Å². The van der Waals surface area contributed by atoms with E-state index in [1.54, 1.807) is 55.4 Å². The maximum atomic E-state index is 12.6. The van der Waals surface area contributed by atoms with Crippen molar-refractivity contribution in [2.24, 2.45) is 159 Å². The zero-order chi connectivity index (χ0) is 107. The summed E-state index contributed by atoms with van der Waals surface area (Å²) in [5.74, 6) is -2.97. The van der Waals surface area contributed by atoms with Crippen LogP contribution in [-0.2, 0) is 0 Å². The summed E-state index contributed by atoms with van der Waals surface area (Å²) in [5.41, 5.74) is -9.47. The molecule has 5 aliphatic carbocycles. The molecule has 0 nitrogen and oxygen atoms in total. The first-order valence-corrected chi connectivity index (χ1v) is 46.9. The van der Waals surface area contributed by atoms with Crippen LogP contribution < -0.4 is 0 Å². The molecule has 0 aromatic rings. The van der Waals surface area contributed by atoms with E-state index in [9.17, 15) is 132 Å². The van der Waals surface area contributed by atoms with Crippen molar-refractivity contribution in [2.75, 3.05) is 0 Å². The van der Waals surface area contributed by atoms with Gasteiger partial charge in [0.05, 0.1) is 34.5 Å². The molecule has 0 bridgehead atoms. The van der Waals surface area contributed by atoms with Crippen molar-refractivity contribution in [1.82, 2.24) is 0 Å². The normalized spacial score (nSPS) is 23.4. The number of halogens is 30. The van der Waals surface area contributed by atoms with Gasteiger partial charge in [-0.05, 0) is 184 Å². The predicted octanol–water partition coefficient (Wildman–Crippen LogP) is 41.9. The summed E-state index contributed by atoms with van der Waals surface area (Å²) in [4.78, 5) is 0. The fourth-order valence-electron chi connectivity index (χ4n) is 15.4. The summed E-state index contributed by atoms with van der Waals surface area (Å²) in [6.45, 7) is 84.1. The monoisotopic (exact) mass is 1950 g/mol. The second kappa shape index (κ2) is 50.3. The summed E-state index contributed by atoms with van der Waals surface area (Å²) in [7, 11) is 0. The van der Waals surface area contributed by atoms with E-state index in [0.29, 0.717) is 76.9 Å². The second-order valence-corrected chi connectivity index (χ2v) is 48.9. The standard InChI is InChI=1S/C11H24.C10H19F3.C10H22.2C9H12F6.C9H15F3.C9H17F3.C9H20.2C8H13F3.C8H15F3/c1-9(2,3)11(7,8)10(4,5)6;1-7(8(2,3)4)9(5,6)10(11,12)13;1-8(2)10(6,7)9(3,4)5;1-6-2-4-7(5-3-6,8(10,11)12)9(13,14)15;1-6-4-2-3-5-7(6,8(10,11)12)9(13,14)15;1-6-4-3-5-8(7(6)2)9(10,11)12;1-6(2)8(4,5)7(3)9(10,11)12;1-7(2)8(3)9(4,5)6;1-6-2-4-7(5-3-6)8(9,10)11;1-6-3-2-4-7(5-6)8(9,10)11;1-6(2,3)7(4,5)8(9,10)11/h1-8H3;7H,1-6H3;8H,1-7H3;2*6H,2-5H2,1H3;6-8H,3-5H2,1-2H3;6-7H,1-5H3;7-8H,1-6H3;2*6-7H,2-5H2,1H3;1-5H3/t;7-;;;6-;6?,7-,8?;;8-;;6-,7?;/m.1..11.1.1./s1. The van der Waals surface area contributed by atoms with Crippen molar-refractivity contribution in [1.29, 1.82) is 0 Å².